The lowest BCUT2D eigenvalue weighted by Gasteiger charge is -2.23. The molecule has 0 spiro atoms. The van der Waals surface area contributed by atoms with Crippen LogP contribution in [0.2, 0.25) is 0 Å². The SMILES string of the molecule is N#Cc1cc2c(cc1C(F)(F)F)[nH]c(=O)c1cc(CC(C#N)NC(=O)[C@H]3N[C@@H]4CC[C@H]3C4)ccc12. The molecule has 1 saturated heterocycles. The summed E-state index contributed by atoms with van der Waals surface area (Å²) in [5, 5.41) is 25.8. The molecule has 5 rings (SSSR count). The van der Waals surface area contributed by atoms with E-state index in [4.69, 9.17) is 0 Å². The Hall–Kier alpha value is -3.89. The fourth-order valence-electron chi connectivity index (χ4n) is 5.36. The number of nitrogens with one attached hydrogen (secondary N) is 3. The highest BCUT2D eigenvalue weighted by molar-refractivity contribution is 6.06. The monoisotopic (exact) mass is 479 g/mol. The molecule has 1 unspecified atom stereocenters. The van der Waals surface area contributed by atoms with Gasteiger partial charge in [0.05, 0.1) is 29.3 Å². The fraction of sp³-hybridized carbons (Fsp3) is 0.360. The van der Waals surface area contributed by atoms with Gasteiger partial charge in [0, 0.05) is 28.8 Å². The van der Waals surface area contributed by atoms with E-state index >= 15 is 0 Å². The number of amides is 1. The Labute approximate surface area is 197 Å². The molecular weight excluding hydrogens is 459 g/mol. The molecule has 35 heavy (non-hydrogen) atoms. The van der Waals surface area contributed by atoms with Crippen molar-refractivity contribution in [2.45, 2.75) is 50.0 Å². The van der Waals surface area contributed by atoms with Crippen LogP contribution in [0, 0.1) is 28.6 Å². The van der Waals surface area contributed by atoms with Crippen molar-refractivity contribution >= 4 is 27.6 Å². The first-order valence-electron chi connectivity index (χ1n) is 11.2. The van der Waals surface area contributed by atoms with E-state index in [1.807, 2.05) is 0 Å². The number of hydrogen-bond acceptors (Lipinski definition) is 5. The minimum absolute atomic E-state index is 0.0258. The third kappa shape index (κ3) is 4.11. The number of carbonyl (C=O) groups excluding carboxylic acids is 1. The summed E-state index contributed by atoms with van der Waals surface area (Å²) in [7, 11) is 0. The van der Waals surface area contributed by atoms with Gasteiger partial charge < -0.3 is 15.6 Å². The van der Waals surface area contributed by atoms with Gasteiger partial charge >= 0.3 is 6.18 Å². The Kier molecular flexibility index (Phi) is 5.49. The fourth-order valence-corrected chi connectivity index (χ4v) is 5.36. The van der Waals surface area contributed by atoms with Gasteiger partial charge in [0.2, 0.25) is 5.91 Å². The zero-order chi connectivity index (χ0) is 24.9. The molecule has 2 fully saturated rings. The topological polar surface area (TPSA) is 122 Å². The summed E-state index contributed by atoms with van der Waals surface area (Å²) in [5.41, 5.74) is -1.65. The van der Waals surface area contributed by atoms with Crippen molar-refractivity contribution in [3.8, 4) is 12.1 Å². The van der Waals surface area contributed by atoms with E-state index in [2.05, 4.69) is 21.7 Å². The van der Waals surface area contributed by atoms with Crippen LogP contribution in [0.3, 0.4) is 0 Å². The number of nitriles is 2. The zero-order valence-corrected chi connectivity index (χ0v) is 18.4. The molecule has 2 bridgehead atoms. The van der Waals surface area contributed by atoms with E-state index in [9.17, 15) is 33.3 Å². The van der Waals surface area contributed by atoms with Crippen LogP contribution in [0.4, 0.5) is 13.2 Å². The Morgan fingerprint density at radius 2 is 1.94 bits per heavy atom. The molecular formula is C25H20F3N5O2. The van der Waals surface area contributed by atoms with Crippen LogP contribution in [-0.2, 0) is 17.4 Å². The van der Waals surface area contributed by atoms with Gasteiger partial charge in [-0.05, 0) is 54.3 Å². The van der Waals surface area contributed by atoms with Crippen molar-refractivity contribution in [3.05, 3.63) is 57.4 Å². The van der Waals surface area contributed by atoms with Crippen molar-refractivity contribution < 1.29 is 18.0 Å². The molecule has 3 N–H and O–H groups in total. The number of benzene rings is 2. The van der Waals surface area contributed by atoms with E-state index in [1.54, 1.807) is 24.3 Å². The van der Waals surface area contributed by atoms with Crippen LogP contribution in [0.25, 0.3) is 21.7 Å². The van der Waals surface area contributed by atoms with Gasteiger partial charge in [-0.1, -0.05) is 12.1 Å². The van der Waals surface area contributed by atoms with Gasteiger partial charge in [-0.15, -0.1) is 0 Å². The normalized spacial score (nSPS) is 22.1. The molecule has 2 aromatic carbocycles. The first-order valence-corrected chi connectivity index (χ1v) is 11.2. The summed E-state index contributed by atoms with van der Waals surface area (Å²) >= 11 is 0. The standard InChI is InChI=1S/C25H20F3N5O2/c26-25(27,28)20-9-21-18(8-14(20)10-29)17-4-1-12(6-19(17)23(34)33-21)5-16(11-30)32-24(35)22-13-2-3-15(7-13)31-22/h1,4,6,8-9,13,15-16,22,31H,2-3,5,7H2,(H,32,35)(H,33,34)/t13-,15+,16?,22-/m0/s1. The first kappa shape index (κ1) is 22.9. The van der Waals surface area contributed by atoms with E-state index in [-0.39, 0.29) is 35.2 Å². The van der Waals surface area contributed by atoms with Gasteiger partial charge in [0.15, 0.2) is 0 Å². The molecule has 1 aromatic heterocycles. The molecule has 1 amide bonds. The first-order chi connectivity index (χ1) is 16.7. The highest BCUT2D eigenvalue weighted by Crippen LogP contribution is 2.36. The lowest BCUT2D eigenvalue weighted by molar-refractivity contribution is -0.137. The largest absolute Gasteiger partial charge is 0.417 e. The Bertz CT molecular complexity index is 1500. The summed E-state index contributed by atoms with van der Waals surface area (Å²) in [6.45, 7) is 0. The molecule has 2 heterocycles. The molecule has 1 saturated carbocycles. The minimum Gasteiger partial charge on any atom is -0.339 e. The second kappa shape index (κ2) is 8.40. The summed E-state index contributed by atoms with van der Waals surface area (Å²) in [6.07, 6.45) is -1.56. The third-order valence-corrected chi connectivity index (χ3v) is 7.00. The van der Waals surface area contributed by atoms with E-state index < -0.39 is 28.9 Å². The predicted molar refractivity (Wildman–Crippen MR) is 121 cm³/mol. The minimum atomic E-state index is -4.74. The lowest BCUT2D eigenvalue weighted by atomic mass is 9.97. The van der Waals surface area contributed by atoms with E-state index in [0.29, 0.717) is 22.4 Å². The average molecular weight is 479 g/mol. The molecule has 10 heteroatoms. The molecule has 1 aliphatic carbocycles. The second-order valence-electron chi connectivity index (χ2n) is 9.20. The summed E-state index contributed by atoms with van der Waals surface area (Å²) in [4.78, 5) is 27.8. The maximum absolute atomic E-state index is 13.3. The number of carbonyl (C=O) groups is 1. The predicted octanol–water partition coefficient (Wildman–Crippen LogP) is 3.26. The van der Waals surface area contributed by atoms with Crippen LogP contribution in [0.5, 0.6) is 0 Å². The van der Waals surface area contributed by atoms with Crippen LogP contribution in [0.15, 0.2) is 35.1 Å². The van der Waals surface area contributed by atoms with Crippen LogP contribution in [0.1, 0.15) is 36.0 Å². The molecule has 4 atom stereocenters. The zero-order valence-electron chi connectivity index (χ0n) is 18.4. The third-order valence-electron chi connectivity index (χ3n) is 7.00. The van der Waals surface area contributed by atoms with Gasteiger partial charge in [-0.3, -0.25) is 9.59 Å². The van der Waals surface area contributed by atoms with E-state index in [1.165, 1.54) is 0 Å². The number of aromatic nitrogens is 1. The number of nitrogens with zero attached hydrogens (tertiary/aromatic N) is 2. The quantitative estimate of drug-likeness (QED) is 0.496. The van der Waals surface area contributed by atoms with Gasteiger partial charge in [-0.2, -0.15) is 23.7 Å². The maximum Gasteiger partial charge on any atom is 0.417 e. The van der Waals surface area contributed by atoms with E-state index in [0.717, 1.165) is 31.4 Å². The Morgan fingerprint density at radius 3 is 2.57 bits per heavy atom. The van der Waals surface area contributed by atoms with Gasteiger partial charge in [0.1, 0.15) is 6.04 Å². The number of hydrogen-bond donors (Lipinski definition) is 3. The Morgan fingerprint density at radius 1 is 1.14 bits per heavy atom. The summed E-state index contributed by atoms with van der Waals surface area (Å²) in [5.74, 6) is 0.0703. The maximum atomic E-state index is 13.3. The van der Waals surface area contributed by atoms with Crippen molar-refractivity contribution in [3.63, 3.8) is 0 Å². The molecule has 1 aliphatic heterocycles. The molecule has 178 valence electrons. The molecule has 0 radical (unpaired) electrons. The van der Waals surface area contributed by atoms with Crippen LogP contribution < -0.4 is 16.2 Å². The van der Waals surface area contributed by atoms with Gasteiger partial charge in [0.25, 0.3) is 5.56 Å². The highest BCUT2D eigenvalue weighted by Gasteiger charge is 2.43. The van der Waals surface area contributed by atoms with Crippen molar-refractivity contribution in [2.75, 3.05) is 0 Å². The average Bonchev–Trinajstić information content (AvgIpc) is 3.46. The molecule has 2 aliphatic rings. The lowest BCUT2D eigenvalue weighted by Crippen LogP contribution is -2.50. The summed E-state index contributed by atoms with van der Waals surface area (Å²) < 4.78 is 39.9. The number of rotatable bonds is 4. The number of fused-ring (bicyclic) bond motifs is 5. The number of H-pyrrole nitrogens is 1. The molecule has 7 nitrogen and oxygen atoms in total. The number of piperidine rings is 1. The van der Waals surface area contributed by atoms with Crippen molar-refractivity contribution in [2.24, 2.45) is 5.92 Å². The van der Waals surface area contributed by atoms with Crippen molar-refractivity contribution in [1.29, 1.82) is 10.5 Å². The molecule has 3 aromatic rings. The number of alkyl halides is 3. The smallest absolute Gasteiger partial charge is 0.339 e. The second-order valence-corrected chi connectivity index (χ2v) is 9.20. The van der Waals surface area contributed by atoms with Crippen LogP contribution in [-0.4, -0.2) is 29.0 Å². The van der Waals surface area contributed by atoms with Crippen LogP contribution >= 0.6 is 0 Å². The Balaban J connectivity index is 1.45. The summed E-state index contributed by atoms with van der Waals surface area (Å²) in [6, 6.07) is 9.62. The van der Waals surface area contributed by atoms with Gasteiger partial charge in [-0.25, -0.2) is 0 Å². The number of aromatic amines is 1. The number of halogens is 3. The van der Waals surface area contributed by atoms with Crippen molar-refractivity contribution in [1.82, 2.24) is 15.6 Å². The highest BCUT2D eigenvalue weighted by atomic mass is 19.4. The number of pyridine rings is 1.